The maximum absolute atomic E-state index is 5.95. The molecule has 88 valence electrons. The molecule has 0 amide bonds. The van der Waals surface area contributed by atoms with Crippen LogP contribution < -0.4 is 16.4 Å². The molecule has 0 fully saturated rings. The summed E-state index contributed by atoms with van der Waals surface area (Å²) >= 11 is 0. The van der Waals surface area contributed by atoms with Crippen molar-refractivity contribution >= 4 is 17.1 Å². The summed E-state index contributed by atoms with van der Waals surface area (Å²) in [5.41, 5.74) is 16.4. The van der Waals surface area contributed by atoms with Crippen molar-refractivity contribution in [3.05, 3.63) is 42.5 Å². The van der Waals surface area contributed by atoms with Crippen LogP contribution in [-0.4, -0.2) is 14.1 Å². The predicted molar refractivity (Wildman–Crippen MR) is 75.0 cm³/mol. The molecule has 4 N–H and O–H groups in total. The highest BCUT2D eigenvalue weighted by atomic mass is 15.1. The van der Waals surface area contributed by atoms with Crippen molar-refractivity contribution in [2.75, 3.05) is 30.5 Å². The largest absolute Gasteiger partial charge is 0.399 e. The molecule has 0 bridgehead atoms. The van der Waals surface area contributed by atoms with Crippen molar-refractivity contribution in [1.82, 2.24) is 0 Å². The van der Waals surface area contributed by atoms with Crippen molar-refractivity contribution in [3.8, 4) is 11.1 Å². The zero-order valence-corrected chi connectivity index (χ0v) is 10.1. The molecule has 0 saturated heterocycles. The molecule has 0 radical (unpaired) electrons. The normalized spacial score (nSPS) is 10.2. The fraction of sp³-hybridized carbons (Fsp3) is 0.143. The van der Waals surface area contributed by atoms with Crippen LogP contribution in [0.15, 0.2) is 42.5 Å². The lowest BCUT2D eigenvalue weighted by Gasteiger charge is -2.13. The van der Waals surface area contributed by atoms with Crippen LogP contribution in [0.5, 0.6) is 0 Å². The Morgan fingerprint density at radius 2 is 1.53 bits per heavy atom. The zero-order chi connectivity index (χ0) is 12.4. The van der Waals surface area contributed by atoms with Crippen LogP contribution in [0.25, 0.3) is 11.1 Å². The molecule has 3 heteroatoms. The Balaban J connectivity index is 2.43. The first-order valence-electron chi connectivity index (χ1n) is 5.50. The summed E-state index contributed by atoms with van der Waals surface area (Å²) in [6.45, 7) is 0. The average molecular weight is 227 g/mol. The van der Waals surface area contributed by atoms with Crippen LogP contribution >= 0.6 is 0 Å². The Kier molecular flexibility index (Phi) is 2.91. The highest BCUT2D eigenvalue weighted by molar-refractivity contribution is 5.79. The molecule has 0 spiro atoms. The van der Waals surface area contributed by atoms with Gasteiger partial charge in [0, 0.05) is 36.7 Å². The molecule has 2 aromatic carbocycles. The third-order valence-electron chi connectivity index (χ3n) is 2.77. The van der Waals surface area contributed by atoms with Gasteiger partial charge in [0.05, 0.1) is 0 Å². The van der Waals surface area contributed by atoms with Crippen LogP contribution in [0, 0.1) is 0 Å². The molecule has 2 aromatic rings. The number of rotatable bonds is 2. The summed E-state index contributed by atoms with van der Waals surface area (Å²) in [5.74, 6) is 0. The van der Waals surface area contributed by atoms with Gasteiger partial charge in [-0.2, -0.15) is 0 Å². The van der Waals surface area contributed by atoms with E-state index in [9.17, 15) is 0 Å². The smallest absolute Gasteiger partial charge is 0.0395 e. The summed E-state index contributed by atoms with van der Waals surface area (Å²) in [5, 5.41) is 0. The van der Waals surface area contributed by atoms with Crippen molar-refractivity contribution in [3.63, 3.8) is 0 Å². The summed E-state index contributed by atoms with van der Waals surface area (Å²) in [6.07, 6.45) is 0. The number of anilines is 3. The Hall–Kier alpha value is -2.16. The van der Waals surface area contributed by atoms with E-state index in [-0.39, 0.29) is 0 Å². The van der Waals surface area contributed by atoms with E-state index in [0.717, 1.165) is 28.2 Å². The quantitative estimate of drug-likeness (QED) is 0.775. The van der Waals surface area contributed by atoms with Gasteiger partial charge in [-0.25, -0.2) is 0 Å². The second-order valence-electron chi connectivity index (χ2n) is 4.29. The minimum atomic E-state index is 0.728. The van der Waals surface area contributed by atoms with E-state index in [2.05, 4.69) is 29.2 Å². The van der Waals surface area contributed by atoms with Gasteiger partial charge in [-0.3, -0.25) is 0 Å². The van der Waals surface area contributed by atoms with E-state index in [1.54, 1.807) is 0 Å². The van der Waals surface area contributed by atoms with Crippen LogP contribution in [0.4, 0.5) is 17.1 Å². The van der Waals surface area contributed by atoms with Gasteiger partial charge in [-0.1, -0.05) is 12.1 Å². The number of nitrogens with two attached hydrogens (primary N) is 2. The first-order valence-corrected chi connectivity index (χ1v) is 5.50. The molecule has 3 nitrogen and oxygen atoms in total. The lowest BCUT2D eigenvalue weighted by atomic mass is 10.0. The van der Waals surface area contributed by atoms with E-state index in [4.69, 9.17) is 11.5 Å². The molecule has 0 aromatic heterocycles. The lowest BCUT2D eigenvalue weighted by Crippen LogP contribution is -2.07. The van der Waals surface area contributed by atoms with Gasteiger partial charge >= 0.3 is 0 Å². The van der Waals surface area contributed by atoms with Crippen LogP contribution in [0.1, 0.15) is 0 Å². The zero-order valence-electron chi connectivity index (χ0n) is 10.1. The number of hydrogen-bond acceptors (Lipinski definition) is 3. The van der Waals surface area contributed by atoms with Crippen molar-refractivity contribution < 1.29 is 0 Å². The first-order chi connectivity index (χ1) is 8.08. The van der Waals surface area contributed by atoms with Gasteiger partial charge in [0.1, 0.15) is 0 Å². The first kappa shape index (κ1) is 11.3. The molecule has 0 unspecified atom stereocenters. The van der Waals surface area contributed by atoms with Gasteiger partial charge in [0.25, 0.3) is 0 Å². The third kappa shape index (κ3) is 2.33. The van der Waals surface area contributed by atoms with Gasteiger partial charge in [0.15, 0.2) is 0 Å². The molecule has 0 saturated carbocycles. The standard InChI is InChI=1S/C14H17N3/c1-17(2)12-6-3-10(4-7-12)13-9-11(15)5-8-14(13)16/h3-9H,15-16H2,1-2H3. The topological polar surface area (TPSA) is 55.3 Å². The second kappa shape index (κ2) is 4.37. The summed E-state index contributed by atoms with van der Waals surface area (Å²) in [7, 11) is 4.04. The highest BCUT2D eigenvalue weighted by Crippen LogP contribution is 2.29. The summed E-state index contributed by atoms with van der Waals surface area (Å²) < 4.78 is 0. The van der Waals surface area contributed by atoms with Crippen molar-refractivity contribution in [1.29, 1.82) is 0 Å². The molecule has 17 heavy (non-hydrogen) atoms. The predicted octanol–water partition coefficient (Wildman–Crippen LogP) is 2.58. The molecule has 0 atom stereocenters. The van der Waals surface area contributed by atoms with Crippen molar-refractivity contribution in [2.24, 2.45) is 0 Å². The van der Waals surface area contributed by atoms with Crippen LogP contribution in [0.2, 0.25) is 0 Å². The monoisotopic (exact) mass is 227 g/mol. The molecule has 2 rings (SSSR count). The summed E-state index contributed by atoms with van der Waals surface area (Å²) in [6, 6.07) is 13.8. The van der Waals surface area contributed by atoms with Gasteiger partial charge in [-0.05, 0) is 35.9 Å². The molecule has 0 aliphatic heterocycles. The number of hydrogen-bond donors (Lipinski definition) is 2. The molecular formula is C14H17N3. The molecule has 0 heterocycles. The van der Waals surface area contributed by atoms with E-state index in [0.29, 0.717) is 0 Å². The van der Waals surface area contributed by atoms with Gasteiger partial charge < -0.3 is 16.4 Å². The van der Waals surface area contributed by atoms with Gasteiger partial charge in [0.2, 0.25) is 0 Å². The Morgan fingerprint density at radius 3 is 2.12 bits per heavy atom. The minimum absolute atomic E-state index is 0.728. The fourth-order valence-electron chi connectivity index (χ4n) is 1.76. The van der Waals surface area contributed by atoms with Crippen molar-refractivity contribution in [2.45, 2.75) is 0 Å². The molecule has 0 aliphatic rings. The van der Waals surface area contributed by atoms with Crippen LogP contribution in [-0.2, 0) is 0 Å². The maximum atomic E-state index is 5.95. The van der Waals surface area contributed by atoms with E-state index >= 15 is 0 Å². The number of benzene rings is 2. The Morgan fingerprint density at radius 1 is 0.882 bits per heavy atom. The third-order valence-corrected chi connectivity index (χ3v) is 2.77. The Bertz CT molecular complexity index is 515. The van der Waals surface area contributed by atoms with E-state index in [1.807, 2.05) is 32.3 Å². The number of nitrogen functional groups attached to an aromatic ring is 2. The van der Waals surface area contributed by atoms with E-state index in [1.165, 1.54) is 0 Å². The fourth-order valence-corrected chi connectivity index (χ4v) is 1.76. The Labute approximate surface area is 102 Å². The SMILES string of the molecule is CN(C)c1ccc(-c2cc(N)ccc2N)cc1. The highest BCUT2D eigenvalue weighted by Gasteiger charge is 2.03. The van der Waals surface area contributed by atoms with E-state index < -0.39 is 0 Å². The molecule has 0 aliphatic carbocycles. The van der Waals surface area contributed by atoms with Gasteiger partial charge in [-0.15, -0.1) is 0 Å². The average Bonchev–Trinajstić information content (AvgIpc) is 2.32. The minimum Gasteiger partial charge on any atom is -0.399 e. The van der Waals surface area contributed by atoms with Crippen LogP contribution in [0.3, 0.4) is 0 Å². The maximum Gasteiger partial charge on any atom is 0.0395 e. The summed E-state index contributed by atoms with van der Waals surface area (Å²) in [4.78, 5) is 2.06. The number of nitrogens with zero attached hydrogens (tertiary/aromatic N) is 1. The second-order valence-corrected chi connectivity index (χ2v) is 4.29. The molecular weight excluding hydrogens is 210 g/mol. The lowest BCUT2D eigenvalue weighted by molar-refractivity contribution is 1.13.